The molecule has 0 aliphatic heterocycles. The molecule has 1 aromatic rings. The first-order valence-corrected chi connectivity index (χ1v) is 8.11. The van der Waals surface area contributed by atoms with Crippen LogP contribution >= 0.6 is 23.4 Å². The van der Waals surface area contributed by atoms with Crippen LogP contribution in [0, 0.1) is 5.92 Å². The summed E-state index contributed by atoms with van der Waals surface area (Å²) in [7, 11) is 0. The summed E-state index contributed by atoms with van der Waals surface area (Å²) in [6.07, 6.45) is 2.50. The quantitative estimate of drug-likeness (QED) is 0.802. The van der Waals surface area contributed by atoms with Crippen molar-refractivity contribution >= 4 is 29.3 Å². The van der Waals surface area contributed by atoms with Crippen molar-refractivity contribution in [3.63, 3.8) is 0 Å². The van der Waals surface area contributed by atoms with E-state index >= 15 is 0 Å². The van der Waals surface area contributed by atoms with E-state index in [2.05, 4.69) is 17.2 Å². The zero-order valence-corrected chi connectivity index (χ0v) is 14.3. The van der Waals surface area contributed by atoms with Crippen molar-refractivity contribution < 1.29 is 4.79 Å². The van der Waals surface area contributed by atoms with E-state index in [1.165, 1.54) is 11.8 Å². The van der Waals surface area contributed by atoms with Crippen LogP contribution in [-0.4, -0.2) is 21.7 Å². The zero-order chi connectivity index (χ0) is 15.3. The molecule has 112 valence electrons. The molecule has 1 aromatic heterocycles. The molecule has 5 heteroatoms. The first-order chi connectivity index (χ1) is 9.25. The van der Waals surface area contributed by atoms with Gasteiger partial charge in [0.25, 0.3) is 0 Å². The zero-order valence-electron chi connectivity index (χ0n) is 12.7. The predicted molar refractivity (Wildman–Crippen MR) is 86.2 cm³/mol. The lowest BCUT2D eigenvalue weighted by atomic mass is 10.0. The van der Waals surface area contributed by atoms with Gasteiger partial charge in [-0.3, -0.25) is 4.79 Å². The Morgan fingerprint density at radius 2 is 2.10 bits per heavy atom. The number of rotatable bonds is 6. The standard InChI is InChI=1S/C15H23ClN2OS/c1-6-15(4,5)18-14(19)13(10(2)3)20-12-8-7-11(16)9-17-12/h7-10,13H,6H2,1-5H3,(H,18,19). The van der Waals surface area contributed by atoms with Crippen LogP contribution in [0.25, 0.3) is 0 Å². The van der Waals surface area contributed by atoms with E-state index in [0.717, 1.165) is 11.4 Å². The van der Waals surface area contributed by atoms with E-state index in [4.69, 9.17) is 11.6 Å². The van der Waals surface area contributed by atoms with Gasteiger partial charge in [-0.1, -0.05) is 44.1 Å². The van der Waals surface area contributed by atoms with Crippen molar-refractivity contribution in [2.24, 2.45) is 5.92 Å². The van der Waals surface area contributed by atoms with E-state index < -0.39 is 0 Å². The molecule has 1 rings (SSSR count). The number of amides is 1. The minimum Gasteiger partial charge on any atom is -0.350 e. The Balaban J connectivity index is 2.79. The topological polar surface area (TPSA) is 42.0 Å². The van der Waals surface area contributed by atoms with Gasteiger partial charge in [0.15, 0.2) is 0 Å². The molecule has 0 fully saturated rings. The van der Waals surface area contributed by atoms with Crippen LogP contribution in [-0.2, 0) is 4.79 Å². The van der Waals surface area contributed by atoms with E-state index in [9.17, 15) is 4.79 Å². The number of hydrogen-bond acceptors (Lipinski definition) is 3. The molecule has 1 unspecified atom stereocenters. The van der Waals surface area contributed by atoms with Gasteiger partial charge in [0.2, 0.25) is 5.91 Å². The van der Waals surface area contributed by atoms with Crippen LogP contribution in [0.2, 0.25) is 5.02 Å². The minimum atomic E-state index is -0.182. The Kier molecular flexibility index (Phi) is 6.34. The fourth-order valence-corrected chi connectivity index (χ4v) is 2.62. The number of nitrogens with zero attached hydrogens (tertiary/aromatic N) is 1. The molecule has 0 saturated carbocycles. The first-order valence-electron chi connectivity index (χ1n) is 6.85. The van der Waals surface area contributed by atoms with E-state index in [0.29, 0.717) is 5.02 Å². The Hall–Kier alpha value is -0.740. The second-order valence-electron chi connectivity index (χ2n) is 5.82. The summed E-state index contributed by atoms with van der Waals surface area (Å²) < 4.78 is 0. The maximum atomic E-state index is 12.4. The smallest absolute Gasteiger partial charge is 0.234 e. The van der Waals surface area contributed by atoms with Crippen molar-refractivity contribution in [1.29, 1.82) is 0 Å². The summed E-state index contributed by atoms with van der Waals surface area (Å²) in [5.74, 6) is 0.290. The van der Waals surface area contributed by atoms with Crippen molar-refractivity contribution in [2.75, 3.05) is 0 Å². The maximum Gasteiger partial charge on any atom is 0.234 e. The van der Waals surface area contributed by atoms with Gasteiger partial charge in [-0.25, -0.2) is 4.98 Å². The summed E-state index contributed by atoms with van der Waals surface area (Å²) in [6.45, 7) is 10.2. The SMILES string of the molecule is CCC(C)(C)NC(=O)C(Sc1ccc(Cl)cn1)C(C)C. The van der Waals surface area contributed by atoms with Gasteiger partial charge in [0, 0.05) is 11.7 Å². The van der Waals surface area contributed by atoms with E-state index in [1.807, 2.05) is 33.8 Å². The van der Waals surface area contributed by atoms with Gasteiger partial charge >= 0.3 is 0 Å². The van der Waals surface area contributed by atoms with Crippen LogP contribution < -0.4 is 5.32 Å². The predicted octanol–water partition coefficient (Wildman–Crippen LogP) is 4.16. The summed E-state index contributed by atoms with van der Waals surface area (Å²) in [5.41, 5.74) is -0.182. The van der Waals surface area contributed by atoms with Crippen LogP contribution in [0.1, 0.15) is 41.0 Å². The average molecular weight is 315 g/mol. The number of pyridine rings is 1. The molecule has 0 bridgehead atoms. The van der Waals surface area contributed by atoms with Crippen molar-refractivity contribution in [3.05, 3.63) is 23.4 Å². The van der Waals surface area contributed by atoms with Gasteiger partial charge in [-0.05, 0) is 38.3 Å². The molecule has 0 radical (unpaired) electrons. The van der Waals surface area contributed by atoms with Gasteiger partial charge in [-0.15, -0.1) is 0 Å². The number of thioether (sulfide) groups is 1. The third-order valence-electron chi connectivity index (χ3n) is 3.16. The number of carbonyl (C=O) groups is 1. The lowest BCUT2D eigenvalue weighted by Gasteiger charge is -2.28. The summed E-state index contributed by atoms with van der Waals surface area (Å²) >= 11 is 7.31. The second-order valence-corrected chi connectivity index (χ2v) is 7.42. The van der Waals surface area contributed by atoms with Crippen molar-refractivity contribution in [1.82, 2.24) is 10.3 Å². The van der Waals surface area contributed by atoms with Crippen LogP contribution in [0.3, 0.4) is 0 Å². The van der Waals surface area contributed by atoms with Gasteiger partial charge in [-0.2, -0.15) is 0 Å². The number of aromatic nitrogens is 1. The van der Waals surface area contributed by atoms with Crippen LogP contribution in [0.15, 0.2) is 23.4 Å². The van der Waals surface area contributed by atoms with Crippen molar-refractivity contribution in [3.8, 4) is 0 Å². The normalized spacial score (nSPS) is 13.3. The molecular weight excluding hydrogens is 292 g/mol. The lowest BCUT2D eigenvalue weighted by molar-refractivity contribution is -0.122. The molecule has 0 aliphatic carbocycles. The van der Waals surface area contributed by atoms with Gasteiger partial charge in [0.1, 0.15) is 0 Å². The molecule has 1 atom stereocenters. The summed E-state index contributed by atoms with van der Waals surface area (Å²) in [4.78, 5) is 16.7. The highest BCUT2D eigenvalue weighted by atomic mass is 35.5. The summed E-state index contributed by atoms with van der Waals surface area (Å²) in [6, 6.07) is 3.64. The third-order valence-corrected chi connectivity index (χ3v) is 4.88. The van der Waals surface area contributed by atoms with Crippen molar-refractivity contribution in [2.45, 2.75) is 56.9 Å². The lowest BCUT2D eigenvalue weighted by Crippen LogP contribution is -2.47. The molecule has 1 N–H and O–H groups in total. The molecule has 3 nitrogen and oxygen atoms in total. The molecule has 0 spiro atoms. The minimum absolute atomic E-state index is 0.0635. The number of nitrogens with one attached hydrogen (secondary N) is 1. The second kappa shape index (κ2) is 7.32. The number of carbonyl (C=O) groups excluding carboxylic acids is 1. The monoisotopic (exact) mass is 314 g/mol. The fourth-order valence-electron chi connectivity index (χ4n) is 1.55. The molecular formula is C15H23ClN2OS. The molecule has 20 heavy (non-hydrogen) atoms. The molecule has 0 aliphatic rings. The number of halogens is 1. The van der Waals surface area contributed by atoms with Gasteiger partial charge < -0.3 is 5.32 Å². The highest BCUT2D eigenvalue weighted by Gasteiger charge is 2.28. The number of hydrogen-bond donors (Lipinski definition) is 1. The highest BCUT2D eigenvalue weighted by molar-refractivity contribution is 8.00. The Labute approximate surface area is 130 Å². The maximum absolute atomic E-state index is 12.4. The molecule has 0 saturated heterocycles. The molecule has 1 amide bonds. The largest absolute Gasteiger partial charge is 0.350 e. The first kappa shape index (κ1) is 17.3. The molecule has 1 heterocycles. The Bertz CT molecular complexity index is 446. The Morgan fingerprint density at radius 1 is 1.45 bits per heavy atom. The van der Waals surface area contributed by atoms with Gasteiger partial charge in [0.05, 0.1) is 15.3 Å². The van der Waals surface area contributed by atoms with Crippen LogP contribution in [0.4, 0.5) is 0 Å². The summed E-state index contributed by atoms with van der Waals surface area (Å²) in [5, 5.41) is 4.37. The average Bonchev–Trinajstić information content (AvgIpc) is 2.37. The van der Waals surface area contributed by atoms with E-state index in [1.54, 1.807) is 12.3 Å². The third kappa shape index (κ3) is 5.33. The Morgan fingerprint density at radius 3 is 2.55 bits per heavy atom. The van der Waals surface area contributed by atoms with Crippen LogP contribution in [0.5, 0.6) is 0 Å². The highest BCUT2D eigenvalue weighted by Crippen LogP contribution is 2.28. The fraction of sp³-hybridized carbons (Fsp3) is 0.600. The van der Waals surface area contributed by atoms with E-state index in [-0.39, 0.29) is 22.6 Å². The molecule has 0 aromatic carbocycles.